The summed E-state index contributed by atoms with van der Waals surface area (Å²) in [6, 6.07) is 7.24. The van der Waals surface area contributed by atoms with Crippen LogP contribution in [0, 0.1) is 6.92 Å². The number of amides is 1. The van der Waals surface area contributed by atoms with Crippen molar-refractivity contribution in [3.05, 3.63) is 29.3 Å². The van der Waals surface area contributed by atoms with Crippen LogP contribution in [0.15, 0.2) is 24.3 Å². The van der Waals surface area contributed by atoms with E-state index >= 15 is 0 Å². The number of aromatic nitrogens is 2. The minimum Gasteiger partial charge on any atom is -0.485 e. The Morgan fingerprint density at radius 3 is 2.95 bits per heavy atom. The molecule has 7 heteroatoms. The number of nitrogens with one attached hydrogen (secondary N) is 1. The molecule has 2 heterocycles. The summed E-state index contributed by atoms with van der Waals surface area (Å²) in [4.78, 5) is 16.1. The minimum atomic E-state index is -0.696. The monoisotopic (exact) mass is 277 g/mol. The highest BCUT2D eigenvalue weighted by atomic mass is 32.1. The van der Waals surface area contributed by atoms with Crippen molar-refractivity contribution in [3.8, 4) is 11.5 Å². The SMILES string of the molecule is Cc1nc(NC(=O)C2COc3ccccc3O2)ns1. The Morgan fingerprint density at radius 2 is 2.21 bits per heavy atom. The molecule has 1 aliphatic heterocycles. The Morgan fingerprint density at radius 1 is 1.42 bits per heavy atom. The molecule has 1 aliphatic rings. The van der Waals surface area contributed by atoms with Crippen molar-refractivity contribution < 1.29 is 14.3 Å². The lowest BCUT2D eigenvalue weighted by atomic mass is 10.2. The Bertz CT molecular complexity index is 614. The Hall–Kier alpha value is -2.15. The summed E-state index contributed by atoms with van der Waals surface area (Å²) in [7, 11) is 0. The predicted molar refractivity (Wildman–Crippen MR) is 69.6 cm³/mol. The number of carbonyl (C=O) groups is 1. The highest BCUT2D eigenvalue weighted by Crippen LogP contribution is 2.31. The molecule has 0 fully saturated rings. The summed E-state index contributed by atoms with van der Waals surface area (Å²) < 4.78 is 15.1. The van der Waals surface area contributed by atoms with Gasteiger partial charge in [-0.3, -0.25) is 10.1 Å². The third kappa shape index (κ3) is 2.50. The van der Waals surface area contributed by atoms with Gasteiger partial charge in [0.25, 0.3) is 5.91 Å². The number of hydrogen-bond donors (Lipinski definition) is 1. The molecule has 1 amide bonds. The van der Waals surface area contributed by atoms with E-state index in [1.807, 2.05) is 19.1 Å². The molecule has 0 saturated heterocycles. The molecule has 0 radical (unpaired) electrons. The highest BCUT2D eigenvalue weighted by molar-refractivity contribution is 7.05. The van der Waals surface area contributed by atoms with Crippen LogP contribution in [-0.4, -0.2) is 28.0 Å². The molecule has 1 aromatic carbocycles. The Kier molecular flexibility index (Phi) is 3.04. The maximum absolute atomic E-state index is 12.0. The lowest BCUT2D eigenvalue weighted by Gasteiger charge is -2.25. The van der Waals surface area contributed by atoms with E-state index in [2.05, 4.69) is 14.7 Å². The molecule has 1 atom stereocenters. The minimum absolute atomic E-state index is 0.173. The molecule has 0 spiro atoms. The Labute approximate surface area is 113 Å². The molecule has 1 N–H and O–H groups in total. The van der Waals surface area contributed by atoms with Crippen LogP contribution in [0.4, 0.5) is 5.95 Å². The zero-order chi connectivity index (χ0) is 13.2. The third-order valence-corrected chi connectivity index (χ3v) is 3.18. The van der Waals surface area contributed by atoms with Gasteiger partial charge in [0.2, 0.25) is 12.1 Å². The van der Waals surface area contributed by atoms with E-state index in [0.29, 0.717) is 17.4 Å². The quantitative estimate of drug-likeness (QED) is 0.903. The van der Waals surface area contributed by atoms with Gasteiger partial charge in [-0.2, -0.15) is 4.37 Å². The van der Waals surface area contributed by atoms with Gasteiger partial charge in [-0.15, -0.1) is 0 Å². The molecule has 0 bridgehead atoms. The first kappa shape index (κ1) is 11.9. The van der Waals surface area contributed by atoms with Crippen molar-refractivity contribution in [2.24, 2.45) is 0 Å². The lowest BCUT2D eigenvalue weighted by molar-refractivity contribution is -0.125. The first-order valence-electron chi connectivity index (χ1n) is 5.72. The number of nitrogens with zero attached hydrogens (tertiary/aromatic N) is 2. The normalized spacial score (nSPS) is 17.0. The van der Waals surface area contributed by atoms with Crippen LogP contribution in [0.3, 0.4) is 0 Å². The van der Waals surface area contributed by atoms with Gasteiger partial charge >= 0.3 is 0 Å². The highest BCUT2D eigenvalue weighted by Gasteiger charge is 2.27. The number of rotatable bonds is 2. The van der Waals surface area contributed by atoms with Crippen molar-refractivity contribution >= 4 is 23.4 Å². The van der Waals surface area contributed by atoms with Crippen molar-refractivity contribution in [2.75, 3.05) is 11.9 Å². The van der Waals surface area contributed by atoms with E-state index in [0.717, 1.165) is 5.01 Å². The van der Waals surface area contributed by atoms with Crippen LogP contribution in [0.1, 0.15) is 5.01 Å². The number of ether oxygens (including phenoxy) is 2. The van der Waals surface area contributed by atoms with Crippen LogP contribution in [0.2, 0.25) is 0 Å². The number of fused-ring (bicyclic) bond motifs is 1. The smallest absolute Gasteiger partial charge is 0.271 e. The number of aryl methyl sites for hydroxylation is 1. The van der Waals surface area contributed by atoms with Crippen LogP contribution < -0.4 is 14.8 Å². The summed E-state index contributed by atoms with van der Waals surface area (Å²) in [5, 5.41) is 3.40. The first-order chi connectivity index (χ1) is 9.22. The molecule has 0 saturated carbocycles. The molecule has 1 aromatic heterocycles. The van der Waals surface area contributed by atoms with Crippen molar-refractivity contribution in [1.82, 2.24) is 9.36 Å². The summed E-state index contributed by atoms with van der Waals surface area (Å²) in [6.07, 6.45) is -0.696. The van der Waals surface area contributed by atoms with E-state index in [1.54, 1.807) is 12.1 Å². The average molecular weight is 277 g/mol. The van der Waals surface area contributed by atoms with Gasteiger partial charge < -0.3 is 9.47 Å². The van der Waals surface area contributed by atoms with Gasteiger partial charge in [0.15, 0.2) is 11.5 Å². The fraction of sp³-hybridized carbons (Fsp3) is 0.250. The molecule has 3 rings (SSSR count). The first-order valence-corrected chi connectivity index (χ1v) is 6.49. The number of anilines is 1. The molecular formula is C12H11N3O3S. The van der Waals surface area contributed by atoms with Gasteiger partial charge in [0.05, 0.1) is 0 Å². The predicted octanol–water partition coefficient (Wildman–Crippen LogP) is 1.63. The van der Waals surface area contributed by atoms with Crippen molar-refractivity contribution in [1.29, 1.82) is 0 Å². The number of carbonyl (C=O) groups excluding carboxylic acids is 1. The maximum atomic E-state index is 12.0. The standard InChI is InChI=1S/C12H11N3O3S/c1-7-13-12(15-19-7)14-11(16)10-6-17-8-4-2-3-5-9(8)18-10/h2-5,10H,6H2,1H3,(H,14,15,16). The summed E-state index contributed by atoms with van der Waals surface area (Å²) in [6.45, 7) is 2.00. The second-order valence-electron chi connectivity index (χ2n) is 3.99. The van der Waals surface area contributed by atoms with Gasteiger partial charge in [-0.05, 0) is 30.6 Å². The van der Waals surface area contributed by atoms with Crippen LogP contribution in [0.5, 0.6) is 11.5 Å². The van der Waals surface area contributed by atoms with E-state index in [9.17, 15) is 4.79 Å². The molecule has 19 heavy (non-hydrogen) atoms. The van der Waals surface area contributed by atoms with Crippen molar-refractivity contribution in [2.45, 2.75) is 13.0 Å². The van der Waals surface area contributed by atoms with Gasteiger partial charge in [-0.1, -0.05) is 12.1 Å². The number of benzene rings is 1. The van der Waals surface area contributed by atoms with Crippen LogP contribution in [0.25, 0.3) is 0 Å². The molecule has 0 aliphatic carbocycles. The summed E-state index contributed by atoms with van der Waals surface area (Å²) >= 11 is 1.23. The van der Waals surface area contributed by atoms with Gasteiger partial charge in [-0.25, -0.2) is 4.98 Å². The molecule has 1 unspecified atom stereocenters. The Balaban J connectivity index is 1.69. The third-order valence-electron chi connectivity index (χ3n) is 2.56. The van der Waals surface area contributed by atoms with E-state index in [1.165, 1.54) is 11.5 Å². The van der Waals surface area contributed by atoms with E-state index < -0.39 is 6.10 Å². The second kappa shape index (κ2) is 4.85. The van der Waals surface area contributed by atoms with Crippen LogP contribution in [-0.2, 0) is 4.79 Å². The topological polar surface area (TPSA) is 73.3 Å². The lowest BCUT2D eigenvalue weighted by Crippen LogP contribution is -2.40. The molecule has 6 nitrogen and oxygen atoms in total. The summed E-state index contributed by atoms with van der Waals surface area (Å²) in [5.74, 6) is 1.20. The largest absolute Gasteiger partial charge is 0.485 e. The van der Waals surface area contributed by atoms with Crippen molar-refractivity contribution in [3.63, 3.8) is 0 Å². The zero-order valence-corrected chi connectivity index (χ0v) is 10.9. The van der Waals surface area contributed by atoms with Gasteiger partial charge in [0.1, 0.15) is 11.6 Å². The van der Waals surface area contributed by atoms with Crippen LogP contribution >= 0.6 is 11.5 Å². The second-order valence-corrected chi connectivity index (χ2v) is 4.95. The zero-order valence-electron chi connectivity index (χ0n) is 10.1. The maximum Gasteiger partial charge on any atom is 0.271 e. The molecular weight excluding hydrogens is 266 g/mol. The average Bonchev–Trinajstić information content (AvgIpc) is 2.83. The van der Waals surface area contributed by atoms with E-state index in [4.69, 9.17) is 9.47 Å². The molecule has 2 aromatic rings. The summed E-state index contributed by atoms with van der Waals surface area (Å²) in [5.41, 5.74) is 0. The number of hydrogen-bond acceptors (Lipinski definition) is 6. The molecule has 98 valence electrons. The number of para-hydroxylation sites is 2. The van der Waals surface area contributed by atoms with Gasteiger partial charge in [0, 0.05) is 0 Å². The fourth-order valence-corrected chi connectivity index (χ4v) is 2.12. The van der Waals surface area contributed by atoms with E-state index in [-0.39, 0.29) is 12.5 Å². The fourth-order valence-electron chi connectivity index (χ4n) is 1.69.